The molecule has 0 amide bonds. The van der Waals surface area contributed by atoms with Gasteiger partial charge in [0.15, 0.2) is 0 Å². The van der Waals surface area contributed by atoms with E-state index in [1.165, 1.54) is 18.4 Å². The molecule has 0 bridgehead atoms. The number of aromatic nitrogens is 2. The molecule has 134 valence electrons. The van der Waals surface area contributed by atoms with Gasteiger partial charge in [0.1, 0.15) is 5.82 Å². The molecule has 1 saturated carbocycles. The van der Waals surface area contributed by atoms with Gasteiger partial charge in [-0.1, -0.05) is 19.9 Å². The Morgan fingerprint density at radius 2 is 2.00 bits per heavy atom. The van der Waals surface area contributed by atoms with E-state index in [2.05, 4.69) is 69.4 Å². The smallest absolute Gasteiger partial charge is 0.225 e. The molecule has 1 aliphatic carbocycles. The van der Waals surface area contributed by atoms with Crippen molar-refractivity contribution in [2.45, 2.75) is 45.6 Å². The second-order valence-electron chi connectivity index (χ2n) is 7.06. The van der Waals surface area contributed by atoms with Crippen LogP contribution >= 0.6 is 15.9 Å². The minimum Gasteiger partial charge on any atom is -0.394 e. The highest BCUT2D eigenvalue weighted by atomic mass is 79.9. The van der Waals surface area contributed by atoms with Gasteiger partial charge in [-0.3, -0.25) is 0 Å². The number of aliphatic hydroxyl groups is 1. The van der Waals surface area contributed by atoms with Crippen LogP contribution in [-0.2, 0) is 0 Å². The number of aryl methyl sites for hydroxylation is 1. The van der Waals surface area contributed by atoms with E-state index in [1.807, 2.05) is 12.1 Å². The molecule has 5 nitrogen and oxygen atoms in total. The monoisotopic (exact) mass is 404 g/mol. The lowest BCUT2D eigenvalue weighted by Gasteiger charge is -2.20. The van der Waals surface area contributed by atoms with Gasteiger partial charge in [0.25, 0.3) is 0 Å². The summed E-state index contributed by atoms with van der Waals surface area (Å²) in [4.78, 5) is 9.27. The third-order valence-electron chi connectivity index (χ3n) is 4.44. The van der Waals surface area contributed by atoms with E-state index in [9.17, 15) is 5.11 Å². The number of anilines is 3. The fourth-order valence-corrected chi connectivity index (χ4v) is 3.22. The van der Waals surface area contributed by atoms with Gasteiger partial charge in [-0.25, -0.2) is 4.98 Å². The van der Waals surface area contributed by atoms with Crippen LogP contribution < -0.4 is 10.6 Å². The lowest BCUT2D eigenvalue weighted by Crippen LogP contribution is -2.30. The number of benzene rings is 1. The highest BCUT2D eigenvalue weighted by Crippen LogP contribution is 2.40. The molecular formula is C19H25BrN4O. The standard InChI is InChI=1S/C19H25BrN4O/c1-11(2)17(10-25)23-19-22-16(13-5-6-13)9-18(24-19)21-15-7-4-12(3)8-14(15)20/h4,7-9,11,13,17,25H,5-6,10H2,1-3H3,(H2,21,22,23,24)/t17-/m1/s1. The largest absolute Gasteiger partial charge is 0.394 e. The lowest BCUT2D eigenvalue weighted by molar-refractivity contribution is 0.248. The van der Waals surface area contributed by atoms with E-state index in [1.54, 1.807) is 0 Å². The van der Waals surface area contributed by atoms with Gasteiger partial charge in [-0.15, -0.1) is 0 Å². The van der Waals surface area contributed by atoms with Crippen molar-refractivity contribution < 1.29 is 5.11 Å². The number of halogens is 1. The molecule has 2 aromatic rings. The number of hydrogen-bond acceptors (Lipinski definition) is 5. The molecule has 0 spiro atoms. The van der Waals surface area contributed by atoms with Crippen LogP contribution in [0, 0.1) is 12.8 Å². The Kier molecular flexibility index (Phi) is 5.59. The van der Waals surface area contributed by atoms with Crippen molar-refractivity contribution in [3.8, 4) is 0 Å². The lowest BCUT2D eigenvalue weighted by atomic mass is 10.1. The summed E-state index contributed by atoms with van der Waals surface area (Å²) in [5.41, 5.74) is 3.23. The molecule has 0 unspecified atom stereocenters. The summed E-state index contributed by atoms with van der Waals surface area (Å²) < 4.78 is 1.00. The summed E-state index contributed by atoms with van der Waals surface area (Å²) in [7, 11) is 0. The van der Waals surface area contributed by atoms with Crippen molar-refractivity contribution in [3.63, 3.8) is 0 Å². The van der Waals surface area contributed by atoms with E-state index < -0.39 is 0 Å². The van der Waals surface area contributed by atoms with Gasteiger partial charge in [-0.05, 0) is 59.3 Å². The Bertz CT molecular complexity index is 746. The molecule has 0 saturated heterocycles. The van der Waals surface area contributed by atoms with E-state index in [-0.39, 0.29) is 12.6 Å². The maximum atomic E-state index is 9.58. The third-order valence-corrected chi connectivity index (χ3v) is 5.10. The van der Waals surface area contributed by atoms with Crippen molar-refractivity contribution in [2.75, 3.05) is 17.2 Å². The maximum Gasteiger partial charge on any atom is 0.225 e. The van der Waals surface area contributed by atoms with Crippen molar-refractivity contribution >= 4 is 33.4 Å². The average Bonchev–Trinajstić information content (AvgIpc) is 3.40. The predicted molar refractivity (Wildman–Crippen MR) is 106 cm³/mol. The molecule has 3 rings (SSSR count). The maximum absolute atomic E-state index is 9.58. The summed E-state index contributed by atoms with van der Waals surface area (Å²) in [6.07, 6.45) is 2.36. The fourth-order valence-electron chi connectivity index (χ4n) is 2.63. The summed E-state index contributed by atoms with van der Waals surface area (Å²) in [6.45, 7) is 6.26. The second kappa shape index (κ2) is 7.70. The fraction of sp³-hybridized carbons (Fsp3) is 0.474. The number of nitrogens with zero attached hydrogens (tertiary/aromatic N) is 2. The Morgan fingerprint density at radius 3 is 2.60 bits per heavy atom. The molecule has 1 heterocycles. The van der Waals surface area contributed by atoms with Gasteiger partial charge in [-0.2, -0.15) is 4.98 Å². The second-order valence-corrected chi connectivity index (χ2v) is 7.92. The van der Waals surface area contributed by atoms with Gasteiger partial charge in [0.2, 0.25) is 5.95 Å². The first-order valence-electron chi connectivity index (χ1n) is 8.76. The van der Waals surface area contributed by atoms with Crippen LogP contribution in [0.5, 0.6) is 0 Å². The van der Waals surface area contributed by atoms with E-state index >= 15 is 0 Å². The van der Waals surface area contributed by atoms with Crippen LogP contribution in [0.3, 0.4) is 0 Å². The molecule has 1 atom stereocenters. The number of nitrogens with one attached hydrogen (secondary N) is 2. The van der Waals surface area contributed by atoms with Crippen molar-refractivity contribution in [1.82, 2.24) is 9.97 Å². The first-order chi connectivity index (χ1) is 12.0. The van der Waals surface area contributed by atoms with Crippen LogP contribution in [0.1, 0.15) is 43.9 Å². The Hall–Kier alpha value is -1.66. The minimum absolute atomic E-state index is 0.0565. The zero-order valence-corrected chi connectivity index (χ0v) is 16.5. The molecule has 3 N–H and O–H groups in total. The number of hydrogen-bond donors (Lipinski definition) is 3. The summed E-state index contributed by atoms with van der Waals surface area (Å²) in [5, 5.41) is 16.2. The molecule has 0 aliphatic heterocycles. The predicted octanol–water partition coefficient (Wildman–Crippen LogP) is 4.60. The molecule has 6 heteroatoms. The molecule has 1 aromatic heterocycles. The molecule has 1 aliphatic rings. The van der Waals surface area contributed by atoms with Crippen LogP contribution in [-0.4, -0.2) is 27.7 Å². The highest BCUT2D eigenvalue weighted by Gasteiger charge is 2.26. The normalized spacial score (nSPS) is 15.3. The van der Waals surface area contributed by atoms with Crippen LogP contribution in [0.25, 0.3) is 0 Å². The van der Waals surface area contributed by atoms with Crippen molar-refractivity contribution in [1.29, 1.82) is 0 Å². The van der Waals surface area contributed by atoms with Crippen molar-refractivity contribution in [2.24, 2.45) is 5.92 Å². The van der Waals surface area contributed by atoms with E-state index in [4.69, 9.17) is 0 Å². The Labute approximate surface area is 157 Å². The van der Waals surface area contributed by atoms with Gasteiger partial charge >= 0.3 is 0 Å². The summed E-state index contributed by atoms with van der Waals surface area (Å²) in [5.74, 6) is 2.16. The van der Waals surface area contributed by atoms with Gasteiger partial charge < -0.3 is 15.7 Å². The number of aliphatic hydroxyl groups excluding tert-OH is 1. The average molecular weight is 405 g/mol. The molecule has 1 fully saturated rings. The van der Waals surface area contributed by atoms with Crippen LogP contribution in [0.2, 0.25) is 0 Å². The third kappa shape index (κ3) is 4.70. The zero-order valence-electron chi connectivity index (χ0n) is 14.9. The topological polar surface area (TPSA) is 70.1 Å². The quantitative estimate of drug-likeness (QED) is 0.628. The number of rotatable bonds is 7. The van der Waals surface area contributed by atoms with Gasteiger partial charge in [0, 0.05) is 16.5 Å². The summed E-state index contributed by atoms with van der Waals surface area (Å²) >= 11 is 3.60. The summed E-state index contributed by atoms with van der Waals surface area (Å²) in [6, 6.07) is 8.14. The zero-order chi connectivity index (χ0) is 18.0. The Balaban J connectivity index is 1.87. The molecule has 1 aromatic carbocycles. The first kappa shape index (κ1) is 18.1. The Morgan fingerprint density at radius 1 is 1.24 bits per heavy atom. The minimum atomic E-state index is -0.0617. The van der Waals surface area contributed by atoms with E-state index in [0.29, 0.717) is 17.8 Å². The van der Waals surface area contributed by atoms with Gasteiger partial charge in [0.05, 0.1) is 24.0 Å². The first-order valence-corrected chi connectivity index (χ1v) is 9.55. The molecule has 25 heavy (non-hydrogen) atoms. The molecule has 0 radical (unpaired) electrons. The molecular weight excluding hydrogens is 380 g/mol. The van der Waals surface area contributed by atoms with Crippen LogP contribution in [0.15, 0.2) is 28.7 Å². The SMILES string of the molecule is Cc1ccc(Nc2cc(C3CC3)nc(N[C@H](CO)C(C)C)n2)c(Br)c1. The van der Waals surface area contributed by atoms with Crippen LogP contribution in [0.4, 0.5) is 17.5 Å². The van der Waals surface area contributed by atoms with Crippen molar-refractivity contribution in [3.05, 3.63) is 40.0 Å². The highest BCUT2D eigenvalue weighted by molar-refractivity contribution is 9.10. The van der Waals surface area contributed by atoms with E-state index in [0.717, 1.165) is 21.7 Å².